The van der Waals surface area contributed by atoms with Crippen LogP contribution in [0.2, 0.25) is 0 Å². The zero-order chi connectivity index (χ0) is 13.0. The minimum absolute atomic E-state index is 0.0632. The maximum absolute atomic E-state index is 11.9. The Morgan fingerprint density at radius 3 is 2.56 bits per heavy atom. The average Bonchev–Trinajstić information content (AvgIpc) is 2.82. The number of carbonyl (C=O) groups is 1. The fourth-order valence-electron chi connectivity index (χ4n) is 2.27. The summed E-state index contributed by atoms with van der Waals surface area (Å²) in [4.78, 5) is 14.1. The van der Waals surface area contributed by atoms with Gasteiger partial charge in [0.15, 0.2) is 0 Å². The highest BCUT2D eigenvalue weighted by molar-refractivity contribution is 9.10. The molecule has 4 heteroatoms. The first kappa shape index (κ1) is 13.6. The topological polar surface area (TPSA) is 32.3 Å². The molecule has 1 aromatic rings. The van der Waals surface area contributed by atoms with Gasteiger partial charge < -0.3 is 5.32 Å². The molecule has 1 aromatic carbocycles. The largest absolute Gasteiger partial charge is 0.348 e. The van der Waals surface area contributed by atoms with Crippen LogP contribution in [-0.4, -0.2) is 30.4 Å². The lowest BCUT2D eigenvalue weighted by Gasteiger charge is -2.18. The number of carbonyl (C=O) groups excluding carboxylic acids is 1. The maximum Gasteiger partial charge on any atom is 0.234 e. The first-order valence-electron chi connectivity index (χ1n) is 6.42. The summed E-state index contributed by atoms with van der Waals surface area (Å²) in [5.74, 6) is 0.118. The van der Waals surface area contributed by atoms with E-state index in [9.17, 15) is 4.79 Å². The minimum Gasteiger partial charge on any atom is -0.348 e. The summed E-state index contributed by atoms with van der Waals surface area (Å²) in [5.41, 5.74) is 1.13. The van der Waals surface area contributed by atoms with E-state index >= 15 is 0 Å². The average molecular weight is 311 g/mol. The van der Waals surface area contributed by atoms with E-state index in [-0.39, 0.29) is 11.9 Å². The van der Waals surface area contributed by atoms with E-state index in [1.165, 1.54) is 12.8 Å². The van der Waals surface area contributed by atoms with Crippen molar-refractivity contribution in [1.29, 1.82) is 0 Å². The van der Waals surface area contributed by atoms with Crippen LogP contribution in [0.3, 0.4) is 0 Å². The van der Waals surface area contributed by atoms with Gasteiger partial charge in [-0.2, -0.15) is 0 Å². The van der Waals surface area contributed by atoms with E-state index < -0.39 is 0 Å². The number of amides is 1. The fraction of sp³-hybridized carbons (Fsp3) is 0.500. The lowest BCUT2D eigenvalue weighted by Crippen LogP contribution is -2.36. The lowest BCUT2D eigenvalue weighted by atomic mass is 10.1. The van der Waals surface area contributed by atoms with Gasteiger partial charge in [-0.3, -0.25) is 9.69 Å². The Balaban J connectivity index is 1.84. The Kier molecular flexibility index (Phi) is 4.78. The summed E-state index contributed by atoms with van der Waals surface area (Å²) in [6.07, 6.45) is 2.44. The van der Waals surface area contributed by atoms with Gasteiger partial charge in [-0.25, -0.2) is 0 Å². The molecule has 1 aliphatic heterocycles. The van der Waals surface area contributed by atoms with Crippen molar-refractivity contribution in [3.8, 4) is 0 Å². The van der Waals surface area contributed by atoms with Gasteiger partial charge in [0, 0.05) is 4.47 Å². The second-order valence-corrected chi connectivity index (χ2v) is 5.74. The summed E-state index contributed by atoms with van der Waals surface area (Å²) in [6, 6.07) is 8.13. The summed E-state index contributed by atoms with van der Waals surface area (Å²) in [6.45, 7) is 4.66. The van der Waals surface area contributed by atoms with Crippen LogP contribution in [0.15, 0.2) is 28.7 Å². The maximum atomic E-state index is 11.9. The third-order valence-corrected chi connectivity index (χ3v) is 3.84. The molecule has 1 amide bonds. The first-order valence-corrected chi connectivity index (χ1v) is 7.21. The second kappa shape index (κ2) is 6.34. The Bertz CT molecular complexity index is 399. The molecule has 2 rings (SSSR count). The molecule has 18 heavy (non-hydrogen) atoms. The van der Waals surface area contributed by atoms with Gasteiger partial charge in [0.1, 0.15) is 0 Å². The highest BCUT2D eigenvalue weighted by Crippen LogP contribution is 2.16. The molecule has 0 radical (unpaired) electrons. The SMILES string of the molecule is C[C@H](NC(=O)CN1CCCC1)c1ccc(Br)cc1. The van der Waals surface area contributed by atoms with Crippen LogP contribution in [0.25, 0.3) is 0 Å². The molecule has 0 aliphatic carbocycles. The molecule has 1 fully saturated rings. The Hall–Kier alpha value is -0.870. The van der Waals surface area contributed by atoms with Gasteiger partial charge >= 0.3 is 0 Å². The number of benzene rings is 1. The third-order valence-electron chi connectivity index (χ3n) is 3.31. The highest BCUT2D eigenvalue weighted by Gasteiger charge is 2.16. The summed E-state index contributed by atoms with van der Waals surface area (Å²) in [5, 5.41) is 3.05. The van der Waals surface area contributed by atoms with Gasteiger partial charge in [-0.15, -0.1) is 0 Å². The quantitative estimate of drug-likeness (QED) is 0.927. The lowest BCUT2D eigenvalue weighted by molar-refractivity contribution is -0.122. The minimum atomic E-state index is 0.0632. The molecule has 0 aromatic heterocycles. The molecule has 1 heterocycles. The zero-order valence-corrected chi connectivity index (χ0v) is 12.2. The van der Waals surface area contributed by atoms with Crippen LogP contribution >= 0.6 is 15.9 Å². The number of hydrogen-bond donors (Lipinski definition) is 1. The van der Waals surface area contributed by atoms with Gasteiger partial charge in [0.2, 0.25) is 5.91 Å². The molecule has 0 bridgehead atoms. The van der Waals surface area contributed by atoms with Crippen LogP contribution in [-0.2, 0) is 4.79 Å². The molecular formula is C14H19BrN2O. The number of nitrogens with zero attached hydrogens (tertiary/aromatic N) is 1. The second-order valence-electron chi connectivity index (χ2n) is 4.82. The van der Waals surface area contributed by atoms with Crippen LogP contribution < -0.4 is 5.32 Å². The number of hydrogen-bond acceptors (Lipinski definition) is 2. The number of halogens is 1. The predicted octanol–water partition coefficient (Wildman–Crippen LogP) is 2.72. The van der Waals surface area contributed by atoms with Crippen molar-refractivity contribution in [1.82, 2.24) is 10.2 Å². The predicted molar refractivity (Wildman–Crippen MR) is 76.4 cm³/mol. The van der Waals surface area contributed by atoms with E-state index in [4.69, 9.17) is 0 Å². The van der Waals surface area contributed by atoms with Crippen molar-refractivity contribution >= 4 is 21.8 Å². The molecule has 0 saturated carbocycles. The van der Waals surface area contributed by atoms with Crippen molar-refractivity contribution in [2.75, 3.05) is 19.6 Å². The molecule has 0 spiro atoms. The summed E-state index contributed by atoms with van der Waals surface area (Å²) in [7, 11) is 0. The van der Waals surface area contributed by atoms with Crippen LogP contribution in [0.1, 0.15) is 31.4 Å². The molecule has 1 atom stereocenters. The molecule has 0 unspecified atom stereocenters. The molecule has 3 nitrogen and oxygen atoms in total. The van der Waals surface area contributed by atoms with Gasteiger partial charge in [0.25, 0.3) is 0 Å². The van der Waals surface area contributed by atoms with Crippen LogP contribution in [0, 0.1) is 0 Å². The highest BCUT2D eigenvalue weighted by atomic mass is 79.9. The third kappa shape index (κ3) is 3.82. The Morgan fingerprint density at radius 2 is 1.94 bits per heavy atom. The zero-order valence-electron chi connectivity index (χ0n) is 10.7. The van der Waals surface area contributed by atoms with Crippen molar-refractivity contribution in [2.24, 2.45) is 0 Å². The smallest absolute Gasteiger partial charge is 0.234 e. The Morgan fingerprint density at radius 1 is 1.33 bits per heavy atom. The van der Waals surface area contributed by atoms with Crippen LogP contribution in [0.5, 0.6) is 0 Å². The summed E-state index contributed by atoms with van der Waals surface area (Å²) >= 11 is 3.41. The molecule has 98 valence electrons. The van der Waals surface area contributed by atoms with Gasteiger partial charge in [0.05, 0.1) is 12.6 Å². The normalized spacial score (nSPS) is 17.7. The first-order chi connectivity index (χ1) is 8.65. The molecule has 1 aliphatic rings. The number of likely N-dealkylation sites (tertiary alicyclic amines) is 1. The van der Waals surface area contributed by atoms with Crippen molar-refractivity contribution in [3.63, 3.8) is 0 Å². The monoisotopic (exact) mass is 310 g/mol. The molecule has 1 saturated heterocycles. The fourth-order valence-corrected chi connectivity index (χ4v) is 2.53. The molecular weight excluding hydrogens is 292 g/mol. The Labute approximate surface area is 117 Å². The number of rotatable bonds is 4. The van der Waals surface area contributed by atoms with E-state index in [0.717, 1.165) is 23.1 Å². The van der Waals surface area contributed by atoms with Crippen molar-refractivity contribution < 1.29 is 4.79 Å². The molecule has 1 N–H and O–H groups in total. The van der Waals surface area contributed by atoms with Crippen molar-refractivity contribution in [2.45, 2.75) is 25.8 Å². The van der Waals surface area contributed by atoms with Crippen LogP contribution in [0.4, 0.5) is 0 Å². The van der Waals surface area contributed by atoms with Gasteiger partial charge in [-0.1, -0.05) is 28.1 Å². The number of nitrogens with one attached hydrogen (secondary N) is 1. The standard InChI is InChI=1S/C14H19BrN2O/c1-11(12-4-6-13(15)7-5-12)16-14(18)10-17-8-2-3-9-17/h4-7,11H,2-3,8-10H2,1H3,(H,16,18)/t11-/m0/s1. The van der Waals surface area contributed by atoms with Gasteiger partial charge in [-0.05, 0) is 50.6 Å². The van der Waals surface area contributed by atoms with E-state index in [1.54, 1.807) is 0 Å². The summed E-state index contributed by atoms with van der Waals surface area (Å²) < 4.78 is 1.06. The van der Waals surface area contributed by atoms with E-state index in [1.807, 2.05) is 31.2 Å². The van der Waals surface area contributed by atoms with E-state index in [0.29, 0.717) is 6.54 Å². The van der Waals surface area contributed by atoms with Crippen molar-refractivity contribution in [3.05, 3.63) is 34.3 Å². The van der Waals surface area contributed by atoms with E-state index in [2.05, 4.69) is 26.1 Å².